The molecule has 2 rings (SSSR count). The summed E-state index contributed by atoms with van der Waals surface area (Å²) in [6, 6.07) is 8.73. The van der Waals surface area contributed by atoms with Gasteiger partial charge in [0.15, 0.2) is 5.69 Å². The molecule has 1 heterocycles. The van der Waals surface area contributed by atoms with E-state index in [-0.39, 0.29) is 32.5 Å². The Labute approximate surface area is 146 Å². The van der Waals surface area contributed by atoms with Crippen LogP contribution in [0.4, 0.5) is 0 Å². The van der Waals surface area contributed by atoms with Gasteiger partial charge in [0, 0.05) is 5.56 Å². The molecule has 22 heavy (non-hydrogen) atoms. The van der Waals surface area contributed by atoms with E-state index in [9.17, 15) is 4.79 Å². The molecule has 4 nitrogen and oxygen atoms in total. The number of halogens is 4. The van der Waals surface area contributed by atoms with Crippen LogP contribution >= 0.6 is 46.4 Å². The summed E-state index contributed by atoms with van der Waals surface area (Å²) in [6.07, 6.45) is 0. The number of rotatable bonds is 3. The lowest BCUT2D eigenvalue weighted by Crippen LogP contribution is -2.09. The minimum atomic E-state index is -0.821. The first kappa shape index (κ1) is 16.9. The zero-order valence-electron chi connectivity index (χ0n) is 10.7. The number of ether oxygens (including phenoxy) is 1. The zero-order valence-corrected chi connectivity index (χ0v) is 13.8. The van der Waals surface area contributed by atoms with Crippen LogP contribution < -0.4 is 0 Å². The van der Waals surface area contributed by atoms with Gasteiger partial charge in [-0.25, -0.2) is 9.78 Å². The molecule has 0 radical (unpaired) electrons. The molecule has 8 heteroatoms. The average Bonchev–Trinajstić information content (AvgIpc) is 2.54. The number of aromatic nitrogens is 1. The van der Waals surface area contributed by atoms with E-state index < -0.39 is 5.97 Å². The van der Waals surface area contributed by atoms with Gasteiger partial charge in [-0.3, -0.25) is 0 Å². The molecule has 112 valence electrons. The molecule has 0 atom stereocenters. The predicted octanol–water partition coefficient (Wildman–Crippen LogP) is 4.92. The van der Waals surface area contributed by atoms with Gasteiger partial charge in [-0.1, -0.05) is 64.6 Å². The summed E-state index contributed by atoms with van der Waals surface area (Å²) in [7, 11) is 0. The Morgan fingerprint density at radius 3 is 2.50 bits per heavy atom. The summed E-state index contributed by atoms with van der Waals surface area (Å²) < 4.78 is 5.09. The first-order valence-electron chi connectivity index (χ1n) is 5.80. The summed E-state index contributed by atoms with van der Waals surface area (Å²) in [6.45, 7) is -0.113. The smallest absolute Gasteiger partial charge is 0.358 e. The van der Waals surface area contributed by atoms with Crippen molar-refractivity contribution in [3.05, 3.63) is 61.3 Å². The number of hydrogen-bond acceptors (Lipinski definition) is 4. The van der Waals surface area contributed by atoms with Gasteiger partial charge in [-0.05, 0) is 6.07 Å². The minimum Gasteiger partial charge on any atom is -0.456 e. The summed E-state index contributed by atoms with van der Waals surface area (Å²) >= 11 is 23.3. The second-order valence-electron chi connectivity index (χ2n) is 4.04. The highest BCUT2D eigenvalue weighted by Gasteiger charge is 2.21. The van der Waals surface area contributed by atoms with Crippen LogP contribution in [0.1, 0.15) is 21.6 Å². The molecular formula is C14H6Cl4N2O2. The van der Waals surface area contributed by atoms with Crippen LogP contribution in [0.5, 0.6) is 0 Å². The molecule has 0 N–H and O–H groups in total. The van der Waals surface area contributed by atoms with Crippen molar-refractivity contribution in [2.45, 2.75) is 6.61 Å². The summed E-state index contributed by atoms with van der Waals surface area (Å²) in [5.41, 5.74) is 0.720. The molecule has 0 aliphatic rings. The molecule has 0 fully saturated rings. The Hall–Kier alpha value is -1.51. The largest absolute Gasteiger partial charge is 0.456 e. The highest BCUT2D eigenvalue weighted by atomic mass is 35.5. The third-order valence-corrected chi connectivity index (χ3v) is 4.35. The van der Waals surface area contributed by atoms with Gasteiger partial charge in [0.25, 0.3) is 0 Å². The van der Waals surface area contributed by atoms with Gasteiger partial charge >= 0.3 is 5.97 Å². The van der Waals surface area contributed by atoms with Crippen LogP contribution in [0, 0.1) is 11.3 Å². The van der Waals surface area contributed by atoms with Crippen LogP contribution in [0.3, 0.4) is 0 Å². The Balaban J connectivity index is 2.22. The molecular weight excluding hydrogens is 370 g/mol. The number of hydrogen-bond donors (Lipinski definition) is 0. The van der Waals surface area contributed by atoms with E-state index in [2.05, 4.69) is 4.98 Å². The molecule has 0 aliphatic carbocycles. The van der Waals surface area contributed by atoms with Gasteiger partial charge in [0.05, 0.1) is 26.7 Å². The van der Waals surface area contributed by atoms with Crippen LogP contribution in [-0.2, 0) is 11.3 Å². The maximum Gasteiger partial charge on any atom is 0.358 e. The topological polar surface area (TPSA) is 63.0 Å². The van der Waals surface area contributed by atoms with Gasteiger partial charge < -0.3 is 4.74 Å². The molecule has 0 amide bonds. The number of carbonyl (C=O) groups excluding carboxylic acids is 1. The van der Waals surface area contributed by atoms with Crippen LogP contribution in [0.2, 0.25) is 20.2 Å². The molecule has 0 bridgehead atoms. The maximum atomic E-state index is 12.0. The van der Waals surface area contributed by atoms with Crippen molar-refractivity contribution < 1.29 is 9.53 Å². The first-order valence-corrected chi connectivity index (χ1v) is 7.32. The standard InChI is InChI=1S/C14H6Cl4N2O2/c15-9-10(16)12(20-13(18)11(9)17)14(21)22-6-8-4-2-1-3-7(8)5-19/h1-4H,6H2. The van der Waals surface area contributed by atoms with Crippen molar-refractivity contribution in [3.8, 4) is 6.07 Å². The average molecular weight is 376 g/mol. The molecule has 0 aliphatic heterocycles. The SMILES string of the molecule is N#Cc1ccccc1COC(=O)c1nc(Cl)c(Cl)c(Cl)c1Cl. The number of nitrogens with zero attached hydrogens (tertiary/aromatic N) is 2. The van der Waals surface area contributed by atoms with Crippen molar-refractivity contribution in [3.63, 3.8) is 0 Å². The summed E-state index contributed by atoms with van der Waals surface area (Å²) in [5.74, 6) is -0.821. The van der Waals surface area contributed by atoms with Crippen molar-refractivity contribution in [2.24, 2.45) is 0 Å². The number of carbonyl (C=O) groups is 1. The van der Waals surface area contributed by atoms with E-state index in [1.54, 1.807) is 24.3 Å². The molecule has 0 saturated heterocycles. The summed E-state index contributed by atoms with van der Waals surface area (Å²) in [4.78, 5) is 15.8. The van der Waals surface area contributed by atoms with Crippen molar-refractivity contribution in [2.75, 3.05) is 0 Å². The number of benzene rings is 1. The van der Waals surface area contributed by atoms with Crippen molar-refractivity contribution in [1.82, 2.24) is 4.98 Å². The molecule has 1 aromatic heterocycles. The van der Waals surface area contributed by atoms with Gasteiger partial charge in [-0.15, -0.1) is 0 Å². The number of nitriles is 1. The fraction of sp³-hybridized carbons (Fsp3) is 0.0714. The molecule has 0 spiro atoms. The Morgan fingerprint density at radius 1 is 1.14 bits per heavy atom. The summed E-state index contributed by atoms with van der Waals surface area (Å²) in [5, 5.41) is 8.56. The van der Waals surface area contributed by atoms with Gasteiger partial charge in [-0.2, -0.15) is 5.26 Å². The fourth-order valence-corrected chi connectivity index (χ4v) is 2.39. The second-order valence-corrected chi connectivity index (χ2v) is 5.53. The zero-order chi connectivity index (χ0) is 16.3. The maximum absolute atomic E-state index is 12.0. The molecule has 0 unspecified atom stereocenters. The number of esters is 1. The number of pyridine rings is 1. The third kappa shape index (κ3) is 3.45. The highest BCUT2D eigenvalue weighted by Crippen LogP contribution is 2.36. The molecule has 2 aromatic rings. The molecule has 1 aromatic carbocycles. The fourth-order valence-electron chi connectivity index (χ4n) is 1.59. The normalized spacial score (nSPS) is 10.1. The Bertz CT molecular complexity index is 787. The van der Waals surface area contributed by atoms with E-state index >= 15 is 0 Å². The van der Waals surface area contributed by atoms with Crippen LogP contribution in [0.25, 0.3) is 0 Å². The lowest BCUT2D eigenvalue weighted by Gasteiger charge is -2.09. The highest BCUT2D eigenvalue weighted by molar-refractivity contribution is 6.52. The quantitative estimate of drug-likeness (QED) is 0.563. The minimum absolute atomic E-state index is 0.0419. The van der Waals surface area contributed by atoms with Crippen LogP contribution in [0.15, 0.2) is 24.3 Å². The predicted molar refractivity (Wildman–Crippen MR) is 84.6 cm³/mol. The van der Waals surface area contributed by atoms with Crippen LogP contribution in [-0.4, -0.2) is 11.0 Å². The monoisotopic (exact) mass is 374 g/mol. The molecule has 0 saturated carbocycles. The van der Waals surface area contributed by atoms with E-state index in [0.717, 1.165) is 0 Å². The third-order valence-electron chi connectivity index (χ3n) is 2.67. The van der Waals surface area contributed by atoms with E-state index in [1.165, 1.54) is 0 Å². The van der Waals surface area contributed by atoms with Crippen molar-refractivity contribution >= 4 is 52.4 Å². The van der Waals surface area contributed by atoms with E-state index in [4.69, 9.17) is 56.4 Å². The van der Waals surface area contributed by atoms with Gasteiger partial charge in [0.2, 0.25) is 0 Å². The van der Waals surface area contributed by atoms with E-state index in [1.807, 2.05) is 6.07 Å². The van der Waals surface area contributed by atoms with Crippen molar-refractivity contribution in [1.29, 1.82) is 5.26 Å². The van der Waals surface area contributed by atoms with E-state index in [0.29, 0.717) is 11.1 Å². The first-order chi connectivity index (χ1) is 10.5. The Morgan fingerprint density at radius 2 is 1.82 bits per heavy atom. The Kier molecular flexibility index (Phi) is 5.49. The second kappa shape index (κ2) is 7.17. The lowest BCUT2D eigenvalue weighted by molar-refractivity contribution is 0.0465. The van der Waals surface area contributed by atoms with Gasteiger partial charge in [0.1, 0.15) is 11.8 Å². The lowest BCUT2D eigenvalue weighted by atomic mass is 10.1.